The number of nitrogens with zero attached hydrogens (tertiary/aromatic N) is 6. The quantitative estimate of drug-likeness (QED) is 0.497. The molecule has 0 atom stereocenters. The van der Waals surface area contributed by atoms with Crippen molar-refractivity contribution in [3.63, 3.8) is 0 Å². The van der Waals surface area contributed by atoms with Crippen LogP contribution in [0.4, 0.5) is 17.5 Å². The Morgan fingerprint density at radius 1 is 0.444 bits per heavy atom. The lowest BCUT2D eigenvalue weighted by Crippen LogP contribution is -2.02. The summed E-state index contributed by atoms with van der Waals surface area (Å²) < 4.78 is 0. The largest absolute Gasteiger partial charge is 0.384 e. The molecule has 132 valence electrons. The fraction of sp³-hybridized carbons (Fsp3) is 0. The molecular formula is C18H15N9. The zero-order valence-electron chi connectivity index (χ0n) is 14.1. The van der Waals surface area contributed by atoms with E-state index in [0.717, 1.165) is 0 Å². The van der Waals surface area contributed by atoms with Gasteiger partial charge in [0.25, 0.3) is 0 Å². The minimum absolute atomic E-state index is 0.415. The highest BCUT2D eigenvalue weighted by Gasteiger charge is 2.13. The van der Waals surface area contributed by atoms with Crippen LogP contribution in [-0.2, 0) is 0 Å². The van der Waals surface area contributed by atoms with Crippen LogP contribution in [0.25, 0.3) is 34.2 Å². The fourth-order valence-corrected chi connectivity index (χ4v) is 2.38. The topological polar surface area (TPSA) is 155 Å². The second kappa shape index (κ2) is 6.64. The lowest BCUT2D eigenvalue weighted by atomic mass is 10.2. The van der Waals surface area contributed by atoms with Gasteiger partial charge in [-0.2, -0.15) is 0 Å². The van der Waals surface area contributed by atoms with Crippen LogP contribution in [0.3, 0.4) is 0 Å². The average Bonchev–Trinajstić information content (AvgIpc) is 2.69. The van der Waals surface area contributed by atoms with Crippen molar-refractivity contribution in [3.05, 3.63) is 55.0 Å². The number of pyridine rings is 3. The van der Waals surface area contributed by atoms with Gasteiger partial charge in [0.05, 0.1) is 0 Å². The van der Waals surface area contributed by atoms with E-state index in [1.165, 1.54) is 0 Å². The number of nitrogens with two attached hydrogens (primary N) is 3. The molecule has 6 N–H and O–H groups in total. The number of aromatic nitrogens is 6. The molecular weight excluding hydrogens is 342 g/mol. The van der Waals surface area contributed by atoms with Crippen molar-refractivity contribution in [2.45, 2.75) is 0 Å². The first-order valence-electron chi connectivity index (χ1n) is 8.00. The molecule has 0 aliphatic rings. The zero-order chi connectivity index (χ0) is 18.8. The highest BCUT2D eigenvalue weighted by molar-refractivity contribution is 5.66. The fourth-order valence-electron chi connectivity index (χ4n) is 2.38. The summed E-state index contributed by atoms with van der Waals surface area (Å²) in [6.45, 7) is 0. The molecule has 4 aromatic rings. The van der Waals surface area contributed by atoms with Gasteiger partial charge in [-0.25, -0.2) is 29.9 Å². The van der Waals surface area contributed by atoms with Crippen molar-refractivity contribution in [3.8, 4) is 34.2 Å². The summed E-state index contributed by atoms with van der Waals surface area (Å²) in [6, 6.07) is 10.5. The van der Waals surface area contributed by atoms with Crippen molar-refractivity contribution < 1.29 is 0 Å². The van der Waals surface area contributed by atoms with Gasteiger partial charge < -0.3 is 17.2 Å². The van der Waals surface area contributed by atoms with Gasteiger partial charge in [0.2, 0.25) is 0 Å². The summed E-state index contributed by atoms with van der Waals surface area (Å²) in [6.07, 6.45) is 4.84. The Balaban J connectivity index is 1.89. The van der Waals surface area contributed by atoms with E-state index in [1.54, 1.807) is 55.0 Å². The maximum atomic E-state index is 5.67. The Kier molecular flexibility index (Phi) is 4.01. The predicted molar refractivity (Wildman–Crippen MR) is 103 cm³/mol. The molecule has 0 radical (unpaired) electrons. The molecule has 9 nitrogen and oxygen atoms in total. The summed E-state index contributed by atoms with van der Waals surface area (Å²) in [7, 11) is 0. The second-order valence-corrected chi connectivity index (χ2v) is 5.72. The van der Waals surface area contributed by atoms with E-state index >= 15 is 0 Å². The van der Waals surface area contributed by atoms with Gasteiger partial charge in [-0.15, -0.1) is 0 Å². The third-order valence-corrected chi connectivity index (χ3v) is 3.77. The molecule has 0 aromatic carbocycles. The Labute approximate surface area is 154 Å². The number of nitrogen functional groups attached to an aromatic ring is 3. The van der Waals surface area contributed by atoms with Crippen molar-refractivity contribution in [1.29, 1.82) is 0 Å². The molecule has 0 fully saturated rings. The summed E-state index contributed by atoms with van der Waals surface area (Å²) in [5, 5.41) is 0. The van der Waals surface area contributed by atoms with E-state index in [1.807, 2.05) is 0 Å². The van der Waals surface area contributed by atoms with Gasteiger partial charge in [0.1, 0.15) is 17.5 Å². The third kappa shape index (κ3) is 3.47. The van der Waals surface area contributed by atoms with Gasteiger partial charge in [0.15, 0.2) is 17.5 Å². The molecule has 4 heterocycles. The van der Waals surface area contributed by atoms with Crippen molar-refractivity contribution in [1.82, 2.24) is 29.9 Å². The van der Waals surface area contributed by atoms with E-state index < -0.39 is 0 Å². The minimum atomic E-state index is 0.415. The van der Waals surface area contributed by atoms with Gasteiger partial charge in [-0.3, -0.25) is 0 Å². The highest BCUT2D eigenvalue weighted by Crippen LogP contribution is 2.24. The molecule has 4 rings (SSSR count). The van der Waals surface area contributed by atoms with Crippen LogP contribution >= 0.6 is 0 Å². The van der Waals surface area contributed by atoms with E-state index in [-0.39, 0.29) is 0 Å². The lowest BCUT2D eigenvalue weighted by molar-refractivity contribution is 1.06. The monoisotopic (exact) mass is 357 g/mol. The first-order valence-corrected chi connectivity index (χ1v) is 8.00. The van der Waals surface area contributed by atoms with Crippen molar-refractivity contribution in [2.75, 3.05) is 17.2 Å². The zero-order valence-corrected chi connectivity index (χ0v) is 14.1. The third-order valence-electron chi connectivity index (χ3n) is 3.77. The predicted octanol–water partition coefficient (Wildman–Crippen LogP) is 1.80. The maximum absolute atomic E-state index is 5.67. The van der Waals surface area contributed by atoms with Crippen LogP contribution in [0.15, 0.2) is 55.0 Å². The van der Waals surface area contributed by atoms with Gasteiger partial charge in [0, 0.05) is 35.3 Å². The van der Waals surface area contributed by atoms with Crippen LogP contribution in [0.2, 0.25) is 0 Å². The Hall–Kier alpha value is -4.14. The molecule has 0 spiro atoms. The van der Waals surface area contributed by atoms with Crippen molar-refractivity contribution in [2.24, 2.45) is 0 Å². The number of rotatable bonds is 3. The second-order valence-electron chi connectivity index (χ2n) is 5.72. The van der Waals surface area contributed by atoms with Gasteiger partial charge in [-0.05, 0) is 36.4 Å². The molecule has 0 aliphatic carbocycles. The number of hydrogen-bond donors (Lipinski definition) is 3. The Morgan fingerprint density at radius 3 is 0.963 bits per heavy atom. The van der Waals surface area contributed by atoms with E-state index in [0.29, 0.717) is 51.6 Å². The van der Waals surface area contributed by atoms with E-state index in [2.05, 4.69) is 29.9 Å². The Bertz CT molecular complexity index is 921. The number of hydrogen-bond acceptors (Lipinski definition) is 9. The molecule has 9 heteroatoms. The standard InChI is InChI=1S/C18H15N9/c19-13-4-1-10(7-22-13)16-25-17(11-2-5-14(20)23-8-11)27-18(26-16)12-3-6-15(21)24-9-12/h1-9H,(H2,19,22)(H2,20,23)(H2,21,24). The molecule has 0 amide bonds. The summed E-state index contributed by atoms with van der Waals surface area (Å²) in [5.41, 5.74) is 19.1. The molecule has 0 saturated heterocycles. The molecule has 0 unspecified atom stereocenters. The van der Waals surface area contributed by atoms with Crippen LogP contribution in [0, 0.1) is 0 Å². The Morgan fingerprint density at radius 2 is 0.741 bits per heavy atom. The van der Waals surface area contributed by atoms with Gasteiger partial charge in [-0.1, -0.05) is 0 Å². The highest BCUT2D eigenvalue weighted by atomic mass is 15.0. The molecule has 0 saturated carbocycles. The van der Waals surface area contributed by atoms with E-state index in [9.17, 15) is 0 Å². The summed E-state index contributed by atoms with van der Waals surface area (Å²) in [4.78, 5) is 26.0. The SMILES string of the molecule is Nc1ccc(-c2nc(-c3ccc(N)nc3)nc(-c3ccc(N)nc3)n2)cn1. The average molecular weight is 357 g/mol. The van der Waals surface area contributed by atoms with Crippen LogP contribution < -0.4 is 17.2 Å². The van der Waals surface area contributed by atoms with Crippen molar-refractivity contribution >= 4 is 17.5 Å². The molecule has 4 aromatic heterocycles. The maximum Gasteiger partial charge on any atom is 0.165 e. The first kappa shape index (κ1) is 16.3. The first-order chi connectivity index (χ1) is 13.1. The normalized spacial score (nSPS) is 10.7. The summed E-state index contributed by atoms with van der Waals surface area (Å²) >= 11 is 0. The van der Waals surface area contributed by atoms with Gasteiger partial charge >= 0.3 is 0 Å². The lowest BCUT2D eigenvalue weighted by Gasteiger charge is -2.08. The molecule has 27 heavy (non-hydrogen) atoms. The van der Waals surface area contributed by atoms with Crippen LogP contribution in [-0.4, -0.2) is 29.9 Å². The molecule has 0 aliphatic heterocycles. The smallest absolute Gasteiger partial charge is 0.165 e. The molecule has 0 bridgehead atoms. The summed E-state index contributed by atoms with van der Waals surface area (Å²) in [5.74, 6) is 2.61. The number of anilines is 3. The van der Waals surface area contributed by atoms with Crippen LogP contribution in [0.1, 0.15) is 0 Å². The van der Waals surface area contributed by atoms with E-state index in [4.69, 9.17) is 17.2 Å². The minimum Gasteiger partial charge on any atom is -0.384 e. The van der Waals surface area contributed by atoms with Crippen LogP contribution in [0.5, 0.6) is 0 Å².